The molecule has 0 radical (unpaired) electrons. The first kappa shape index (κ1) is 19.4. The lowest BCUT2D eigenvalue weighted by atomic mass is 9.77. The molecule has 1 aliphatic carbocycles. The van der Waals surface area contributed by atoms with Crippen molar-refractivity contribution < 1.29 is 9.53 Å². The molecule has 146 valence electrons. The number of dihydropyridines is 1. The minimum atomic E-state index is -0.310. The number of Topliss-reactive ketones (excluding diaryl/α,β-unsaturated/α-hetero) is 1. The summed E-state index contributed by atoms with van der Waals surface area (Å²) >= 11 is 1.52. The number of hydrogen-bond acceptors (Lipinski definition) is 5. The maximum atomic E-state index is 12.7. The summed E-state index contributed by atoms with van der Waals surface area (Å²) < 4.78 is 5.89. The van der Waals surface area contributed by atoms with E-state index < -0.39 is 0 Å². The van der Waals surface area contributed by atoms with Crippen molar-refractivity contribution in [2.45, 2.75) is 31.8 Å². The van der Waals surface area contributed by atoms with Crippen molar-refractivity contribution in [3.05, 3.63) is 87.6 Å². The van der Waals surface area contributed by atoms with Crippen LogP contribution in [0.25, 0.3) is 0 Å². The topological polar surface area (TPSA) is 62.1 Å². The smallest absolute Gasteiger partial charge is 0.161 e. The molecule has 0 spiro atoms. The molecule has 5 heteroatoms. The van der Waals surface area contributed by atoms with Gasteiger partial charge in [-0.25, -0.2) is 0 Å². The average Bonchev–Trinajstić information content (AvgIpc) is 2.77. The van der Waals surface area contributed by atoms with E-state index in [1.807, 2.05) is 60.9 Å². The number of ketones is 1. The van der Waals surface area contributed by atoms with Crippen molar-refractivity contribution in [3.8, 4) is 11.8 Å². The van der Waals surface area contributed by atoms with Crippen molar-refractivity contribution in [1.29, 1.82) is 5.26 Å². The molecule has 0 saturated carbocycles. The molecule has 4 rings (SSSR count). The van der Waals surface area contributed by atoms with Crippen LogP contribution in [0.1, 0.15) is 36.3 Å². The van der Waals surface area contributed by atoms with Gasteiger partial charge < -0.3 is 10.1 Å². The molecule has 0 amide bonds. The van der Waals surface area contributed by atoms with E-state index in [1.165, 1.54) is 11.8 Å². The lowest BCUT2D eigenvalue weighted by Crippen LogP contribution is -2.31. The Balaban J connectivity index is 1.63. The normalized spacial score (nSPS) is 18.8. The summed E-state index contributed by atoms with van der Waals surface area (Å²) in [5.74, 6) is 0.596. The first-order valence-corrected chi connectivity index (χ1v) is 10.9. The Morgan fingerprint density at radius 1 is 1.14 bits per heavy atom. The van der Waals surface area contributed by atoms with Crippen molar-refractivity contribution in [2.24, 2.45) is 0 Å². The number of carbonyl (C=O) groups is 1. The van der Waals surface area contributed by atoms with Gasteiger partial charge in [0.05, 0.1) is 22.6 Å². The Kier molecular flexibility index (Phi) is 5.73. The summed E-state index contributed by atoms with van der Waals surface area (Å²) in [4.78, 5) is 12.7. The van der Waals surface area contributed by atoms with Gasteiger partial charge in [-0.2, -0.15) is 5.26 Å². The third kappa shape index (κ3) is 3.94. The van der Waals surface area contributed by atoms with Crippen LogP contribution >= 0.6 is 11.8 Å². The number of allylic oxidation sites excluding steroid dienone is 3. The minimum absolute atomic E-state index is 0.140. The molecular formula is C24H22N2O2S. The molecule has 2 aromatic rings. The zero-order chi connectivity index (χ0) is 20.2. The summed E-state index contributed by atoms with van der Waals surface area (Å²) in [6.45, 7) is 0.501. The van der Waals surface area contributed by atoms with Crippen molar-refractivity contribution in [2.75, 3.05) is 6.26 Å². The number of nitriles is 1. The Morgan fingerprint density at radius 2 is 1.90 bits per heavy atom. The van der Waals surface area contributed by atoms with Crippen LogP contribution in [0.3, 0.4) is 0 Å². The van der Waals surface area contributed by atoms with Gasteiger partial charge in [0.25, 0.3) is 0 Å². The molecule has 1 heterocycles. The van der Waals surface area contributed by atoms with Crippen LogP contribution in [0.15, 0.2) is 76.5 Å². The van der Waals surface area contributed by atoms with E-state index in [0.717, 1.165) is 46.0 Å². The number of thioether (sulfide) groups is 1. The van der Waals surface area contributed by atoms with Gasteiger partial charge in [0.1, 0.15) is 12.4 Å². The predicted octanol–water partition coefficient (Wildman–Crippen LogP) is 5.06. The SMILES string of the molecule is CSC1=C(C#N)C(c2ccc(OCc3ccccc3)cc2)C2=C(CCCC2=O)N1. The summed E-state index contributed by atoms with van der Waals surface area (Å²) in [6, 6.07) is 20.1. The largest absolute Gasteiger partial charge is 0.489 e. The number of nitrogens with zero attached hydrogens (tertiary/aromatic N) is 1. The zero-order valence-electron chi connectivity index (χ0n) is 16.3. The summed E-state index contributed by atoms with van der Waals surface area (Å²) in [6.07, 6.45) is 4.20. The van der Waals surface area contributed by atoms with E-state index in [9.17, 15) is 10.1 Å². The lowest BCUT2D eigenvalue weighted by molar-refractivity contribution is -0.116. The zero-order valence-corrected chi connectivity index (χ0v) is 17.1. The molecule has 2 aliphatic rings. The molecule has 1 aliphatic heterocycles. The summed E-state index contributed by atoms with van der Waals surface area (Å²) in [5.41, 5.74) is 4.40. The molecule has 0 fully saturated rings. The molecule has 1 unspecified atom stereocenters. The Morgan fingerprint density at radius 3 is 2.59 bits per heavy atom. The fourth-order valence-electron chi connectivity index (χ4n) is 3.92. The van der Waals surface area contributed by atoms with E-state index in [4.69, 9.17) is 4.74 Å². The molecule has 0 aromatic heterocycles. The molecule has 2 aromatic carbocycles. The molecule has 29 heavy (non-hydrogen) atoms. The van der Waals surface area contributed by atoms with Crippen LogP contribution in [0, 0.1) is 11.3 Å². The molecule has 0 saturated heterocycles. The second-order valence-corrected chi connectivity index (χ2v) is 7.95. The van der Waals surface area contributed by atoms with Gasteiger partial charge in [0, 0.05) is 17.7 Å². The van der Waals surface area contributed by atoms with Gasteiger partial charge in [0.15, 0.2) is 5.78 Å². The molecule has 1 atom stereocenters. The number of ether oxygens (including phenoxy) is 1. The quantitative estimate of drug-likeness (QED) is 0.758. The van der Waals surface area contributed by atoms with E-state index in [-0.39, 0.29) is 11.7 Å². The highest BCUT2D eigenvalue weighted by Crippen LogP contribution is 2.43. The van der Waals surface area contributed by atoms with Gasteiger partial charge in [-0.1, -0.05) is 42.5 Å². The Bertz CT molecular complexity index is 1020. The van der Waals surface area contributed by atoms with Gasteiger partial charge in [0.2, 0.25) is 0 Å². The maximum Gasteiger partial charge on any atom is 0.161 e. The first-order valence-electron chi connectivity index (χ1n) is 9.69. The number of rotatable bonds is 5. The minimum Gasteiger partial charge on any atom is -0.489 e. The van der Waals surface area contributed by atoms with Crippen molar-refractivity contribution in [1.82, 2.24) is 5.32 Å². The monoisotopic (exact) mass is 402 g/mol. The predicted molar refractivity (Wildman–Crippen MR) is 115 cm³/mol. The van der Waals surface area contributed by atoms with Gasteiger partial charge in [-0.15, -0.1) is 11.8 Å². The second kappa shape index (κ2) is 8.59. The highest BCUT2D eigenvalue weighted by molar-refractivity contribution is 8.02. The van der Waals surface area contributed by atoms with Crippen LogP contribution in [0.4, 0.5) is 0 Å². The number of benzene rings is 2. The fraction of sp³-hybridized carbons (Fsp3) is 0.250. The van der Waals surface area contributed by atoms with Crippen molar-refractivity contribution >= 4 is 17.5 Å². The first-order chi connectivity index (χ1) is 14.2. The highest BCUT2D eigenvalue weighted by Gasteiger charge is 2.36. The summed E-state index contributed by atoms with van der Waals surface area (Å²) in [5, 5.41) is 14.0. The van der Waals surface area contributed by atoms with Crippen molar-refractivity contribution in [3.63, 3.8) is 0 Å². The van der Waals surface area contributed by atoms with Crippen LogP contribution in [-0.4, -0.2) is 12.0 Å². The standard InChI is InChI=1S/C24H22N2O2S/c1-29-24-19(14-25)22(23-20(26-24)8-5-9-21(23)27)17-10-12-18(13-11-17)28-15-16-6-3-2-4-7-16/h2-4,6-7,10-13,22,26H,5,8-9,15H2,1H3. The van der Waals surface area contributed by atoms with Gasteiger partial charge in [-0.05, 0) is 42.4 Å². The highest BCUT2D eigenvalue weighted by atomic mass is 32.2. The Hall–Kier alpha value is -2.97. The molecular weight excluding hydrogens is 380 g/mol. The third-order valence-corrected chi connectivity index (χ3v) is 6.06. The number of hydrogen-bond donors (Lipinski definition) is 1. The van der Waals surface area contributed by atoms with Gasteiger partial charge in [-0.3, -0.25) is 4.79 Å². The van der Waals surface area contributed by atoms with Crippen LogP contribution in [-0.2, 0) is 11.4 Å². The van der Waals surface area contributed by atoms with E-state index in [1.54, 1.807) is 0 Å². The average molecular weight is 403 g/mol. The molecule has 0 bridgehead atoms. The van der Waals surface area contributed by atoms with Crippen LogP contribution in [0.5, 0.6) is 5.75 Å². The van der Waals surface area contributed by atoms with E-state index in [2.05, 4.69) is 11.4 Å². The Labute approximate surface area is 175 Å². The maximum absolute atomic E-state index is 12.7. The van der Waals surface area contributed by atoms with Crippen LogP contribution in [0.2, 0.25) is 0 Å². The fourth-order valence-corrected chi connectivity index (χ4v) is 4.52. The number of nitrogens with one attached hydrogen (secondary N) is 1. The second-order valence-electron chi connectivity index (χ2n) is 7.13. The lowest BCUT2D eigenvalue weighted by Gasteiger charge is -2.33. The van der Waals surface area contributed by atoms with Gasteiger partial charge >= 0.3 is 0 Å². The summed E-state index contributed by atoms with van der Waals surface area (Å²) in [7, 11) is 0. The number of carbonyl (C=O) groups excluding carboxylic acids is 1. The molecule has 4 nitrogen and oxygen atoms in total. The third-order valence-electron chi connectivity index (χ3n) is 5.33. The van der Waals surface area contributed by atoms with E-state index in [0.29, 0.717) is 18.6 Å². The molecule has 1 N–H and O–H groups in total. The van der Waals surface area contributed by atoms with E-state index >= 15 is 0 Å². The van der Waals surface area contributed by atoms with Crippen LogP contribution < -0.4 is 10.1 Å².